The first-order valence-corrected chi connectivity index (χ1v) is 15.0. The van der Waals surface area contributed by atoms with Crippen molar-refractivity contribution in [2.75, 3.05) is 12.3 Å². The first kappa shape index (κ1) is 26.4. The van der Waals surface area contributed by atoms with Gasteiger partial charge in [-0.25, -0.2) is 8.42 Å². The minimum absolute atomic E-state index is 0.125. The van der Waals surface area contributed by atoms with Crippen molar-refractivity contribution in [3.8, 4) is 0 Å². The second-order valence-electron chi connectivity index (χ2n) is 12.6. The molecule has 0 saturated heterocycles. The number of fused-ring (bicyclic) bond motifs is 5. The van der Waals surface area contributed by atoms with Crippen molar-refractivity contribution in [2.45, 2.75) is 97.2 Å². The average molecular weight is 499 g/mol. The molecule has 0 aromatic carbocycles. The molecule has 0 heterocycles. The number of hydrogen-bond acceptors (Lipinski definition) is 6. The van der Waals surface area contributed by atoms with Crippen LogP contribution in [0.5, 0.6) is 0 Å². The highest BCUT2D eigenvalue weighted by molar-refractivity contribution is 7.85. The zero-order valence-electron chi connectivity index (χ0n) is 21.0. The smallest absolute Gasteiger partial charge is 0.220 e. The van der Waals surface area contributed by atoms with Crippen molar-refractivity contribution < 1.29 is 28.0 Å². The zero-order valence-corrected chi connectivity index (χ0v) is 21.9. The molecule has 8 heteroatoms. The standard InChI is InChI=1S/C26H45NO6S/c1-16(4-7-23(30)27-12-13-34(31,32)33)19-5-6-20-24-21(9-11-26(19,20)3)25(2)10-8-18(28)14-17(25)15-22(24)29/h16-22,24,28-29H,4-15H2,1-3H3,(H,27,30)(H,31,32,33)/p-1/t16-,17+,18-,19-,20+,21+,22-,24?,25+,26-/m1/s1. The van der Waals surface area contributed by atoms with Crippen LogP contribution < -0.4 is 5.32 Å². The Morgan fingerprint density at radius 2 is 1.74 bits per heavy atom. The molecule has 1 amide bonds. The van der Waals surface area contributed by atoms with Crippen LogP contribution in [0.2, 0.25) is 0 Å². The van der Waals surface area contributed by atoms with Crippen molar-refractivity contribution >= 4 is 16.0 Å². The zero-order chi connectivity index (χ0) is 24.9. The molecule has 196 valence electrons. The number of nitrogens with one attached hydrogen (secondary N) is 1. The first-order valence-electron chi connectivity index (χ1n) is 13.4. The largest absolute Gasteiger partial charge is 0.748 e. The van der Waals surface area contributed by atoms with Gasteiger partial charge in [0.2, 0.25) is 5.91 Å². The summed E-state index contributed by atoms with van der Waals surface area (Å²) in [5, 5.41) is 24.2. The average Bonchev–Trinajstić information content (AvgIpc) is 3.09. The SMILES string of the molecule is C[C@H](CCC(=O)NCCS(=O)(=O)[O-])[C@H]1CC[C@H]2C3[C@H](O)C[C@@H]4C[C@H](O)CC[C@]4(C)[C@H]3CC[C@]12C. The van der Waals surface area contributed by atoms with E-state index in [-0.39, 0.29) is 35.5 Å². The minimum Gasteiger partial charge on any atom is -0.748 e. The number of aliphatic hydroxyl groups excluding tert-OH is 2. The molecule has 34 heavy (non-hydrogen) atoms. The summed E-state index contributed by atoms with van der Waals surface area (Å²) in [4.78, 5) is 12.2. The number of hydrogen-bond donors (Lipinski definition) is 3. The minimum atomic E-state index is -4.31. The fourth-order valence-electron chi connectivity index (χ4n) is 9.14. The van der Waals surface area contributed by atoms with Crippen LogP contribution in [0.1, 0.15) is 85.0 Å². The van der Waals surface area contributed by atoms with E-state index >= 15 is 0 Å². The molecule has 7 nitrogen and oxygen atoms in total. The number of rotatable bonds is 7. The van der Waals surface area contributed by atoms with Crippen LogP contribution in [0, 0.1) is 46.3 Å². The molecule has 0 spiro atoms. The summed E-state index contributed by atoms with van der Waals surface area (Å²) in [5.74, 6) is 1.92. The van der Waals surface area contributed by atoms with Crippen LogP contribution in [-0.2, 0) is 14.9 Å². The molecule has 4 aliphatic rings. The normalized spacial score (nSPS) is 45.1. The quantitative estimate of drug-likeness (QED) is 0.463. The van der Waals surface area contributed by atoms with Gasteiger partial charge in [0.15, 0.2) is 0 Å². The molecule has 4 fully saturated rings. The maximum Gasteiger partial charge on any atom is 0.220 e. The Balaban J connectivity index is 1.39. The predicted octanol–water partition coefficient (Wildman–Crippen LogP) is 3.05. The van der Waals surface area contributed by atoms with Gasteiger partial charge in [-0.15, -0.1) is 0 Å². The van der Waals surface area contributed by atoms with E-state index in [1.54, 1.807) is 0 Å². The van der Waals surface area contributed by atoms with Crippen molar-refractivity contribution in [3.63, 3.8) is 0 Å². The lowest BCUT2D eigenvalue weighted by molar-refractivity contribution is -0.174. The van der Waals surface area contributed by atoms with Crippen LogP contribution >= 0.6 is 0 Å². The van der Waals surface area contributed by atoms with E-state index in [2.05, 4.69) is 26.1 Å². The summed E-state index contributed by atoms with van der Waals surface area (Å²) in [5.41, 5.74) is 0.399. The van der Waals surface area contributed by atoms with E-state index in [0.29, 0.717) is 41.9 Å². The summed E-state index contributed by atoms with van der Waals surface area (Å²) in [7, 11) is -4.31. The van der Waals surface area contributed by atoms with Crippen molar-refractivity contribution in [1.29, 1.82) is 0 Å². The Bertz CT molecular complexity index is 863. The molecule has 0 radical (unpaired) electrons. The number of amides is 1. The Hall–Kier alpha value is -0.700. The number of carbonyl (C=O) groups is 1. The second-order valence-corrected chi connectivity index (χ2v) is 14.1. The maximum atomic E-state index is 12.2. The van der Waals surface area contributed by atoms with Crippen LogP contribution in [-0.4, -0.2) is 53.6 Å². The van der Waals surface area contributed by atoms with Crippen LogP contribution in [0.4, 0.5) is 0 Å². The Morgan fingerprint density at radius 3 is 2.44 bits per heavy atom. The molecule has 0 bridgehead atoms. The summed E-state index contributed by atoms with van der Waals surface area (Å²) < 4.78 is 32.2. The lowest BCUT2D eigenvalue weighted by Crippen LogP contribution is -2.58. The van der Waals surface area contributed by atoms with Gasteiger partial charge < -0.3 is 20.1 Å². The van der Waals surface area contributed by atoms with Crippen LogP contribution in [0.15, 0.2) is 0 Å². The Labute approximate surface area is 205 Å². The van der Waals surface area contributed by atoms with Gasteiger partial charge in [-0.3, -0.25) is 4.79 Å². The summed E-state index contributed by atoms with van der Waals surface area (Å²) in [6.07, 6.45) is 8.78. The van der Waals surface area contributed by atoms with Gasteiger partial charge in [-0.05, 0) is 104 Å². The van der Waals surface area contributed by atoms with Gasteiger partial charge in [0.25, 0.3) is 0 Å². The first-order chi connectivity index (χ1) is 15.8. The monoisotopic (exact) mass is 498 g/mol. The van der Waals surface area contributed by atoms with Crippen LogP contribution in [0.3, 0.4) is 0 Å². The molecule has 4 rings (SSSR count). The molecular formula is C26H44NO6S-. The highest BCUT2D eigenvalue weighted by Gasteiger charge is 2.62. The Kier molecular flexibility index (Phi) is 7.47. The van der Waals surface area contributed by atoms with E-state index in [1.807, 2.05) is 0 Å². The van der Waals surface area contributed by atoms with Gasteiger partial charge in [-0.2, -0.15) is 0 Å². The van der Waals surface area contributed by atoms with Gasteiger partial charge in [0.05, 0.1) is 28.1 Å². The van der Waals surface area contributed by atoms with Crippen molar-refractivity contribution in [3.05, 3.63) is 0 Å². The topological polar surface area (TPSA) is 127 Å². The van der Waals surface area contributed by atoms with Gasteiger partial charge in [0, 0.05) is 13.0 Å². The van der Waals surface area contributed by atoms with E-state index in [0.717, 1.165) is 51.4 Å². The van der Waals surface area contributed by atoms with E-state index in [1.165, 1.54) is 6.42 Å². The van der Waals surface area contributed by atoms with Gasteiger partial charge in [0.1, 0.15) is 0 Å². The van der Waals surface area contributed by atoms with Crippen LogP contribution in [0.25, 0.3) is 0 Å². The third kappa shape index (κ3) is 4.94. The molecule has 3 N–H and O–H groups in total. The van der Waals surface area contributed by atoms with Crippen molar-refractivity contribution in [1.82, 2.24) is 5.32 Å². The fraction of sp³-hybridized carbons (Fsp3) is 0.962. The Morgan fingerprint density at radius 1 is 1.06 bits per heavy atom. The lowest BCUT2D eigenvalue weighted by atomic mass is 9.43. The highest BCUT2D eigenvalue weighted by atomic mass is 32.2. The van der Waals surface area contributed by atoms with Gasteiger partial charge in [-0.1, -0.05) is 20.8 Å². The molecule has 0 aromatic heterocycles. The predicted molar refractivity (Wildman–Crippen MR) is 129 cm³/mol. The molecule has 1 unspecified atom stereocenters. The molecule has 4 aliphatic carbocycles. The summed E-state index contributed by atoms with van der Waals surface area (Å²) >= 11 is 0. The molecule has 0 aliphatic heterocycles. The van der Waals surface area contributed by atoms with E-state index < -0.39 is 15.9 Å². The maximum absolute atomic E-state index is 12.2. The lowest BCUT2D eigenvalue weighted by Gasteiger charge is -2.62. The van der Waals surface area contributed by atoms with Gasteiger partial charge >= 0.3 is 0 Å². The molecule has 0 aromatic rings. The molecular weight excluding hydrogens is 454 g/mol. The number of aliphatic hydroxyl groups is 2. The molecule has 10 atom stereocenters. The van der Waals surface area contributed by atoms with E-state index in [4.69, 9.17) is 0 Å². The second kappa shape index (κ2) is 9.64. The fourth-order valence-corrected chi connectivity index (χ4v) is 9.49. The third-order valence-corrected chi connectivity index (χ3v) is 11.6. The van der Waals surface area contributed by atoms with Crippen molar-refractivity contribution in [2.24, 2.45) is 46.3 Å². The highest BCUT2D eigenvalue weighted by Crippen LogP contribution is 2.68. The molecule has 4 saturated carbocycles. The third-order valence-electron chi connectivity index (χ3n) is 10.9. The summed E-state index contributed by atoms with van der Waals surface area (Å²) in [6, 6.07) is 0. The summed E-state index contributed by atoms with van der Waals surface area (Å²) in [6.45, 7) is 6.96. The van der Waals surface area contributed by atoms with E-state index in [9.17, 15) is 28.0 Å². The number of carbonyl (C=O) groups excluding carboxylic acids is 1.